The molecule has 180 valence electrons. The van der Waals surface area contributed by atoms with Crippen LogP contribution in [0.15, 0.2) is 54.6 Å². The first-order chi connectivity index (χ1) is 16.1. The molecular weight excluding hydrogens is 416 g/mol. The van der Waals surface area contributed by atoms with Crippen molar-refractivity contribution in [3.05, 3.63) is 70.3 Å². The number of benzene rings is 2. The van der Waals surface area contributed by atoms with Gasteiger partial charge in [0.15, 0.2) is 0 Å². The topological polar surface area (TPSA) is 81.5 Å². The van der Waals surface area contributed by atoms with Crippen LogP contribution in [0.1, 0.15) is 76.7 Å². The Morgan fingerprint density at radius 1 is 0.879 bits per heavy atom. The molecule has 0 spiro atoms. The molecule has 1 unspecified atom stereocenters. The van der Waals surface area contributed by atoms with E-state index in [0.717, 1.165) is 24.9 Å². The van der Waals surface area contributed by atoms with Crippen LogP contribution in [0, 0.1) is 10.1 Å². The maximum Gasteiger partial charge on any atom is 0.328 e. The smallest absolute Gasteiger partial charge is 0.328 e. The van der Waals surface area contributed by atoms with Crippen LogP contribution in [0.3, 0.4) is 0 Å². The number of rotatable bonds is 17. The molecule has 0 heterocycles. The molecule has 0 aromatic heterocycles. The molecule has 0 saturated heterocycles. The summed E-state index contributed by atoms with van der Waals surface area (Å²) in [7, 11) is 0. The van der Waals surface area contributed by atoms with E-state index < -0.39 is 11.0 Å². The molecule has 6 heteroatoms. The van der Waals surface area contributed by atoms with Gasteiger partial charge in [-0.25, -0.2) is 4.79 Å². The summed E-state index contributed by atoms with van der Waals surface area (Å²) < 4.78 is 5.51. The summed E-state index contributed by atoms with van der Waals surface area (Å²) in [5, 5.41) is 14.2. The van der Waals surface area contributed by atoms with E-state index in [4.69, 9.17) is 4.74 Å². The highest BCUT2D eigenvalue weighted by Crippen LogP contribution is 2.18. The van der Waals surface area contributed by atoms with Crippen LogP contribution >= 0.6 is 0 Å². The minimum atomic E-state index is -0.474. The predicted molar refractivity (Wildman–Crippen MR) is 133 cm³/mol. The minimum Gasteiger partial charge on any atom is -0.425 e. The van der Waals surface area contributed by atoms with Crippen LogP contribution in [-0.2, 0) is 11.2 Å². The first kappa shape index (κ1) is 26.5. The van der Waals surface area contributed by atoms with E-state index in [0.29, 0.717) is 12.2 Å². The number of hydrogen-bond donors (Lipinski definition) is 1. The number of carbonyl (C=O) groups is 1. The molecule has 0 saturated carbocycles. The maximum atomic E-state index is 12.8. The fourth-order valence-corrected chi connectivity index (χ4v) is 3.80. The molecule has 1 atom stereocenters. The quantitative estimate of drug-likeness (QED) is 0.0954. The standard InChI is InChI=1S/C27H38N2O4/c1-2-3-4-5-6-7-8-9-10-14-21-28-26(22-23-15-12-11-13-16-23)27(30)33-25-19-17-24(18-20-25)29(31)32/h11-13,15-20,26,28H,2-10,14,21-22H2,1H3. The van der Waals surface area contributed by atoms with Crippen LogP contribution in [0.4, 0.5) is 5.69 Å². The molecule has 0 fully saturated rings. The van der Waals surface area contributed by atoms with Gasteiger partial charge in [-0.2, -0.15) is 0 Å². The molecule has 0 aliphatic rings. The highest BCUT2D eigenvalue weighted by Gasteiger charge is 2.21. The molecule has 2 aromatic carbocycles. The molecule has 2 aromatic rings. The first-order valence-electron chi connectivity index (χ1n) is 12.3. The highest BCUT2D eigenvalue weighted by atomic mass is 16.6. The van der Waals surface area contributed by atoms with E-state index in [2.05, 4.69) is 12.2 Å². The van der Waals surface area contributed by atoms with Crippen molar-refractivity contribution in [3.63, 3.8) is 0 Å². The van der Waals surface area contributed by atoms with Gasteiger partial charge in [-0.3, -0.25) is 10.1 Å². The summed E-state index contributed by atoms with van der Waals surface area (Å²) >= 11 is 0. The van der Waals surface area contributed by atoms with Gasteiger partial charge in [0.2, 0.25) is 0 Å². The number of nitro groups is 1. The van der Waals surface area contributed by atoms with Crippen LogP contribution in [0.5, 0.6) is 5.75 Å². The third-order valence-corrected chi connectivity index (χ3v) is 5.75. The molecule has 0 aliphatic carbocycles. The van der Waals surface area contributed by atoms with Gasteiger partial charge in [-0.05, 0) is 37.1 Å². The van der Waals surface area contributed by atoms with E-state index >= 15 is 0 Å². The summed E-state index contributed by atoms with van der Waals surface area (Å²) in [5.41, 5.74) is 1.02. The molecule has 6 nitrogen and oxygen atoms in total. The van der Waals surface area contributed by atoms with E-state index in [1.54, 1.807) is 0 Å². The first-order valence-corrected chi connectivity index (χ1v) is 12.3. The average molecular weight is 455 g/mol. The average Bonchev–Trinajstić information content (AvgIpc) is 2.82. The zero-order valence-electron chi connectivity index (χ0n) is 19.8. The van der Waals surface area contributed by atoms with Gasteiger partial charge in [0.05, 0.1) is 4.92 Å². The lowest BCUT2D eigenvalue weighted by Crippen LogP contribution is -2.41. The van der Waals surface area contributed by atoms with Gasteiger partial charge >= 0.3 is 5.97 Å². The molecule has 33 heavy (non-hydrogen) atoms. The fourth-order valence-electron chi connectivity index (χ4n) is 3.80. The number of non-ortho nitro benzene ring substituents is 1. The second-order valence-electron chi connectivity index (χ2n) is 8.55. The van der Waals surface area contributed by atoms with Crippen LogP contribution < -0.4 is 10.1 Å². The number of ether oxygens (including phenoxy) is 1. The molecule has 0 aliphatic heterocycles. The number of hydrogen-bond acceptors (Lipinski definition) is 5. The van der Waals surface area contributed by atoms with Crippen molar-refractivity contribution in [2.24, 2.45) is 0 Å². The Bertz CT molecular complexity index is 809. The Balaban J connectivity index is 1.77. The lowest BCUT2D eigenvalue weighted by Gasteiger charge is -2.18. The number of nitro benzene ring substituents is 1. The molecule has 1 N–H and O–H groups in total. The normalized spacial score (nSPS) is 11.8. The summed E-state index contributed by atoms with van der Waals surface area (Å²) in [4.78, 5) is 23.2. The number of esters is 1. The number of carbonyl (C=O) groups excluding carboxylic acids is 1. The van der Waals surface area contributed by atoms with Crippen molar-refractivity contribution in [2.75, 3.05) is 6.54 Å². The monoisotopic (exact) mass is 454 g/mol. The second kappa shape index (κ2) is 16.0. The van der Waals surface area contributed by atoms with Crippen molar-refractivity contribution in [2.45, 2.75) is 83.6 Å². The van der Waals surface area contributed by atoms with Gasteiger partial charge < -0.3 is 10.1 Å². The van der Waals surface area contributed by atoms with Gasteiger partial charge in [-0.15, -0.1) is 0 Å². The number of nitrogens with zero attached hydrogens (tertiary/aromatic N) is 1. The Morgan fingerprint density at radius 2 is 1.45 bits per heavy atom. The fraction of sp³-hybridized carbons (Fsp3) is 0.519. The Morgan fingerprint density at radius 3 is 2.03 bits per heavy atom. The SMILES string of the molecule is CCCCCCCCCCCCNC(Cc1ccccc1)C(=O)Oc1ccc([N+](=O)[O-])cc1. The van der Waals surface area contributed by atoms with Crippen LogP contribution in [-0.4, -0.2) is 23.5 Å². The molecular formula is C27H38N2O4. The Labute approximate surface area is 197 Å². The summed E-state index contributed by atoms with van der Waals surface area (Å²) in [6.45, 7) is 3.00. The predicted octanol–water partition coefficient (Wildman–Crippen LogP) is 6.62. The zero-order valence-corrected chi connectivity index (χ0v) is 19.8. The van der Waals surface area contributed by atoms with Gasteiger partial charge in [-0.1, -0.05) is 95.0 Å². The van der Waals surface area contributed by atoms with E-state index in [-0.39, 0.29) is 11.7 Å². The molecule has 0 radical (unpaired) electrons. The van der Waals surface area contributed by atoms with E-state index in [9.17, 15) is 14.9 Å². The third kappa shape index (κ3) is 11.1. The van der Waals surface area contributed by atoms with Crippen molar-refractivity contribution < 1.29 is 14.5 Å². The van der Waals surface area contributed by atoms with Crippen molar-refractivity contribution in [3.8, 4) is 5.75 Å². The Hall–Kier alpha value is -2.73. The van der Waals surface area contributed by atoms with Crippen LogP contribution in [0.2, 0.25) is 0 Å². The highest BCUT2D eigenvalue weighted by molar-refractivity contribution is 5.78. The van der Waals surface area contributed by atoms with Gasteiger partial charge in [0.1, 0.15) is 11.8 Å². The van der Waals surface area contributed by atoms with Crippen molar-refractivity contribution in [1.29, 1.82) is 0 Å². The van der Waals surface area contributed by atoms with Crippen molar-refractivity contribution in [1.82, 2.24) is 5.32 Å². The molecule has 2 rings (SSSR count). The van der Waals surface area contributed by atoms with E-state index in [1.165, 1.54) is 75.6 Å². The van der Waals surface area contributed by atoms with Crippen molar-refractivity contribution >= 4 is 11.7 Å². The minimum absolute atomic E-state index is 0.0327. The third-order valence-electron chi connectivity index (χ3n) is 5.75. The van der Waals surface area contributed by atoms with Gasteiger partial charge in [0, 0.05) is 12.1 Å². The summed E-state index contributed by atoms with van der Waals surface area (Å²) in [6.07, 6.45) is 13.2. The molecule has 0 bridgehead atoms. The van der Waals surface area contributed by atoms with Crippen LogP contribution in [0.25, 0.3) is 0 Å². The van der Waals surface area contributed by atoms with Gasteiger partial charge in [0.25, 0.3) is 5.69 Å². The number of nitrogens with one attached hydrogen (secondary N) is 1. The lowest BCUT2D eigenvalue weighted by molar-refractivity contribution is -0.384. The summed E-state index contributed by atoms with van der Waals surface area (Å²) in [6, 6.07) is 15.0. The lowest BCUT2D eigenvalue weighted by atomic mass is 10.0. The summed E-state index contributed by atoms with van der Waals surface area (Å²) in [5.74, 6) is -0.0656. The molecule has 0 amide bonds. The zero-order chi connectivity index (χ0) is 23.7. The number of unbranched alkanes of at least 4 members (excludes halogenated alkanes) is 9. The second-order valence-corrected chi connectivity index (χ2v) is 8.55. The van der Waals surface area contributed by atoms with E-state index in [1.807, 2.05) is 30.3 Å². The largest absolute Gasteiger partial charge is 0.425 e. The maximum absolute atomic E-state index is 12.8. The Kier molecular flexibility index (Phi) is 12.8.